The zero-order valence-electron chi connectivity index (χ0n) is 7.38. The fourth-order valence-electron chi connectivity index (χ4n) is 0.811. The van der Waals surface area contributed by atoms with Gasteiger partial charge in [-0.2, -0.15) is 0 Å². The minimum absolute atomic E-state index is 0.350. The van der Waals surface area contributed by atoms with Gasteiger partial charge < -0.3 is 10.4 Å². The average Bonchev–Trinajstić information content (AvgIpc) is 2.04. The second-order valence-corrected chi connectivity index (χ2v) is 2.37. The molecule has 0 spiro atoms. The van der Waals surface area contributed by atoms with Gasteiger partial charge in [0.1, 0.15) is 0 Å². The van der Waals surface area contributed by atoms with E-state index >= 15 is 0 Å². The van der Waals surface area contributed by atoms with Crippen molar-refractivity contribution in [1.82, 2.24) is 5.32 Å². The van der Waals surface area contributed by atoms with Crippen LogP contribution in [0, 0.1) is 12.3 Å². The highest BCUT2D eigenvalue weighted by Gasteiger charge is 1.98. The molecule has 0 aromatic carbocycles. The molecule has 0 saturated carbocycles. The summed E-state index contributed by atoms with van der Waals surface area (Å²) in [6.07, 6.45) is 8.95. The van der Waals surface area contributed by atoms with Gasteiger partial charge in [-0.15, -0.1) is 12.3 Å². The average molecular weight is 165 g/mol. The van der Waals surface area contributed by atoms with Crippen molar-refractivity contribution in [3.8, 4) is 12.3 Å². The van der Waals surface area contributed by atoms with Crippen molar-refractivity contribution in [3.05, 3.63) is 24.6 Å². The van der Waals surface area contributed by atoms with Crippen molar-refractivity contribution in [1.29, 1.82) is 0 Å². The maximum Gasteiger partial charge on any atom is 0.0849 e. The van der Waals surface area contributed by atoms with Gasteiger partial charge in [0, 0.05) is 12.1 Å². The number of hydrogen-bond acceptors (Lipinski definition) is 2. The van der Waals surface area contributed by atoms with Crippen LogP contribution < -0.4 is 5.32 Å². The molecule has 0 aromatic rings. The molecule has 66 valence electrons. The fourth-order valence-corrected chi connectivity index (χ4v) is 0.811. The predicted octanol–water partition coefficient (Wildman–Crippen LogP) is 1.40. The first kappa shape index (κ1) is 10.8. The molecule has 0 rings (SSSR count). The van der Waals surface area contributed by atoms with Gasteiger partial charge in [-0.3, -0.25) is 0 Å². The summed E-state index contributed by atoms with van der Waals surface area (Å²) in [6.45, 7) is 5.52. The van der Waals surface area contributed by atoms with E-state index in [4.69, 9.17) is 6.42 Å². The Kier molecular flexibility index (Phi) is 5.86. The fraction of sp³-hybridized carbons (Fsp3) is 0.400. The number of nitrogens with one attached hydrogen (secondary N) is 1. The molecule has 2 heteroatoms. The van der Waals surface area contributed by atoms with Crippen LogP contribution in [0.15, 0.2) is 24.6 Å². The third kappa shape index (κ3) is 4.59. The zero-order valence-corrected chi connectivity index (χ0v) is 7.38. The molecule has 0 fully saturated rings. The van der Waals surface area contributed by atoms with E-state index in [0.29, 0.717) is 6.42 Å². The minimum atomic E-state index is -0.558. The highest BCUT2D eigenvalue weighted by atomic mass is 16.3. The summed E-state index contributed by atoms with van der Waals surface area (Å²) >= 11 is 0. The second-order valence-electron chi connectivity index (χ2n) is 2.37. The molecule has 12 heavy (non-hydrogen) atoms. The maximum absolute atomic E-state index is 9.28. The van der Waals surface area contributed by atoms with Crippen molar-refractivity contribution in [2.75, 3.05) is 0 Å². The van der Waals surface area contributed by atoms with E-state index in [1.807, 2.05) is 6.92 Å². The molecule has 0 heterocycles. The summed E-state index contributed by atoms with van der Waals surface area (Å²) in [5.74, 6) is 2.39. The van der Waals surface area contributed by atoms with Gasteiger partial charge in [0.2, 0.25) is 0 Å². The van der Waals surface area contributed by atoms with Crippen molar-refractivity contribution < 1.29 is 5.11 Å². The van der Waals surface area contributed by atoms with E-state index in [2.05, 4.69) is 17.8 Å². The number of terminal acetylenes is 1. The smallest absolute Gasteiger partial charge is 0.0849 e. The van der Waals surface area contributed by atoms with Gasteiger partial charge in [0.25, 0.3) is 0 Å². The maximum atomic E-state index is 9.28. The van der Waals surface area contributed by atoms with E-state index in [1.54, 1.807) is 12.3 Å². The number of aliphatic hydroxyl groups excluding tert-OH is 1. The molecule has 2 N–H and O–H groups in total. The minimum Gasteiger partial charge on any atom is -0.388 e. The standard InChI is InChI=1S/C10H15NO/c1-4-7-10(12)8-9(5-2)11-6-3/h1,6,8,10-12H,3,5,7H2,2H3/b9-8+/t10-/m1/s1. The quantitative estimate of drug-likeness (QED) is 0.603. The summed E-state index contributed by atoms with van der Waals surface area (Å²) in [6, 6.07) is 0. The third-order valence-corrected chi connectivity index (χ3v) is 1.39. The highest BCUT2D eigenvalue weighted by molar-refractivity contribution is 5.07. The van der Waals surface area contributed by atoms with Crippen LogP contribution in [0.4, 0.5) is 0 Å². The third-order valence-electron chi connectivity index (χ3n) is 1.39. The molecule has 0 unspecified atom stereocenters. The zero-order chi connectivity index (χ0) is 9.40. The van der Waals surface area contributed by atoms with Crippen LogP contribution in [0.2, 0.25) is 0 Å². The lowest BCUT2D eigenvalue weighted by molar-refractivity contribution is 0.228. The second kappa shape index (κ2) is 6.51. The lowest BCUT2D eigenvalue weighted by Gasteiger charge is -2.06. The number of allylic oxidation sites excluding steroid dienone is 1. The first-order chi connectivity index (χ1) is 5.74. The van der Waals surface area contributed by atoms with Crippen molar-refractivity contribution in [3.63, 3.8) is 0 Å². The molecule has 0 aliphatic heterocycles. The Bertz CT molecular complexity index is 200. The Balaban J connectivity index is 4.08. The summed E-state index contributed by atoms with van der Waals surface area (Å²) in [4.78, 5) is 0. The van der Waals surface area contributed by atoms with E-state index in [0.717, 1.165) is 12.1 Å². The summed E-state index contributed by atoms with van der Waals surface area (Å²) < 4.78 is 0. The molecule has 0 aliphatic rings. The lowest BCUT2D eigenvalue weighted by Crippen LogP contribution is -2.09. The van der Waals surface area contributed by atoms with E-state index < -0.39 is 6.10 Å². The summed E-state index contributed by atoms with van der Waals surface area (Å²) in [5.41, 5.74) is 0.938. The van der Waals surface area contributed by atoms with Gasteiger partial charge in [-0.05, 0) is 18.7 Å². The Morgan fingerprint density at radius 1 is 1.83 bits per heavy atom. The molecular formula is C10H15NO. The Morgan fingerprint density at radius 3 is 2.92 bits per heavy atom. The van der Waals surface area contributed by atoms with Crippen molar-refractivity contribution in [2.45, 2.75) is 25.9 Å². The van der Waals surface area contributed by atoms with E-state index in [-0.39, 0.29) is 0 Å². The van der Waals surface area contributed by atoms with Gasteiger partial charge in [-0.1, -0.05) is 13.5 Å². The Labute approximate surface area is 74.0 Å². The Morgan fingerprint density at radius 2 is 2.50 bits per heavy atom. The van der Waals surface area contributed by atoms with Crippen LogP contribution in [-0.4, -0.2) is 11.2 Å². The molecule has 0 radical (unpaired) electrons. The topological polar surface area (TPSA) is 32.3 Å². The molecule has 0 amide bonds. The highest BCUT2D eigenvalue weighted by Crippen LogP contribution is 2.00. The van der Waals surface area contributed by atoms with Gasteiger partial charge in [0.05, 0.1) is 6.10 Å². The molecule has 0 saturated heterocycles. The largest absolute Gasteiger partial charge is 0.388 e. The van der Waals surface area contributed by atoms with Crippen molar-refractivity contribution in [2.24, 2.45) is 0 Å². The van der Waals surface area contributed by atoms with Crippen LogP contribution in [0.5, 0.6) is 0 Å². The van der Waals surface area contributed by atoms with E-state index in [1.165, 1.54) is 0 Å². The van der Waals surface area contributed by atoms with E-state index in [9.17, 15) is 5.11 Å². The van der Waals surface area contributed by atoms with Crippen LogP contribution in [0.25, 0.3) is 0 Å². The van der Waals surface area contributed by atoms with Crippen LogP contribution in [0.1, 0.15) is 19.8 Å². The van der Waals surface area contributed by atoms with Crippen LogP contribution in [-0.2, 0) is 0 Å². The van der Waals surface area contributed by atoms with Gasteiger partial charge >= 0.3 is 0 Å². The molecule has 2 nitrogen and oxygen atoms in total. The van der Waals surface area contributed by atoms with Gasteiger partial charge in [0.15, 0.2) is 0 Å². The first-order valence-corrected chi connectivity index (χ1v) is 3.94. The first-order valence-electron chi connectivity index (χ1n) is 3.94. The van der Waals surface area contributed by atoms with Crippen LogP contribution in [0.3, 0.4) is 0 Å². The Hall–Kier alpha value is -1.20. The summed E-state index contributed by atoms with van der Waals surface area (Å²) in [5, 5.41) is 12.2. The molecule has 0 bridgehead atoms. The van der Waals surface area contributed by atoms with Crippen LogP contribution >= 0.6 is 0 Å². The molecule has 1 atom stereocenters. The lowest BCUT2D eigenvalue weighted by atomic mass is 10.2. The monoisotopic (exact) mass is 165 g/mol. The molecular weight excluding hydrogens is 150 g/mol. The number of hydrogen-bond donors (Lipinski definition) is 2. The molecule has 0 aromatic heterocycles. The summed E-state index contributed by atoms with van der Waals surface area (Å²) in [7, 11) is 0. The molecule has 0 aliphatic carbocycles. The van der Waals surface area contributed by atoms with Crippen molar-refractivity contribution >= 4 is 0 Å². The predicted molar refractivity (Wildman–Crippen MR) is 51.2 cm³/mol. The van der Waals surface area contributed by atoms with Gasteiger partial charge in [-0.25, -0.2) is 0 Å². The number of aliphatic hydroxyl groups is 1. The normalized spacial score (nSPS) is 13.2. The SMILES string of the molecule is C#CC[C@@H](O)/C=C(\CC)NC=C. The number of rotatable bonds is 5.